The fourth-order valence-corrected chi connectivity index (χ4v) is 2.80. The molecule has 7 heteroatoms. The van der Waals surface area contributed by atoms with Crippen LogP contribution in [0.4, 0.5) is 11.4 Å². The maximum atomic E-state index is 12.3. The van der Waals surface area contributed by atoms with Crippen LogP contribution in [0, 0.1) is 11.3 Å². The van der Waals surface area contributed by atoms with Crippen molar-refractivity contribution in [3.05, 3.63) is 95.0 Å². The molecule has 0 aliphatic carbocycles. The van der Waals surface area contributed by atoms with E-state index in [0.717, 1.165) is 0 Å². The zero-order chi connectivity index (χ0) is 22.1. The van der Waals surface area contributed by atoms with E-state index in [-0.39, 0.29) is 18.1 Å². The van der Waals surface area contributed by atoms with E-state index in [1.165, 1.54) is 6.08 Å². The third kappa shape index (κ3) is 6.74. The minimum Gasteiger partial charge on any atom is -0.484 e. The Hall–Kier alpha value is -4.08. The van der Waals surface area contributed by atoms with Crippen molar-refractivity contribution in [1.29, 1.82) is 5.26 Å². The molecule has 2 N–H and O–H groups in total. The lowest BCUT2D eigenvalue weighted by molar-refractivity contribution is -0.118. The first-order valence-corrected chi connectivity index (χ1v) is 9.68. The van der Waals surface area contributed by atoms with Gasteiger partial charge in [-0.25, -0.2) is 0 Å². The molecule has 0 aliphatic heterocycles. The number of benzene rings is 3. The van der Waals surface area contributed by atoms with E-state index in [4.69, 9.17) is 16.3 Å². The van der Waals surface area contributed by atoms with E-state index in [0.29, 0.717) is 27.7 Å². The van der Waals surface area contributed by atoms with Crippen molar-refractivity contribution in [2.24, 2.45) is 0 Å². The van der Waals surface area contributed by atoms with E-state index in [1.807, 2.05) is 12.1 Å². The average molecular weight is 432 g/mol. The number of para-hydroxylation sites is 1. The van der Waals surface area contributed by atoms with E-state index < -0.39 is 5.91 Å². The van der Waals surface area contributed by atoms with E-state index in [9.17, 15) is 14.9 Å². The third-order valence-electron chi connectivity index (χ3n) is 4.07. The molecular weight excluding hydrogens is 414 g/mol. The van der Waals surface area contributed by atoms with Crippen LogP contribution < -0.4 is 15.4 Å². The SMILES string of the molecule is N#C/C(=C\c1ccc(OCC(=O)Nc2cccc(Cl)c2)cc1)C(=O)Nc1ccccc1. The number of carbonyl (C=O) groups is 2. The van der Waals surface area contributed by atoms with Crippen LogP contribution in [0.15, 0.2) is 84.4 Å². The lowest BCUT2D eigenvalue weighted by atomic mass is 10.1. The average Bonchev–Trinajstić information content (AvgIpc) is 2.77. The minimum absolute atomic E-state index is 0.0292. The zero-order valence-electron chi connectivity index (χ0n) is 16.3. The molecule has 0 heterocycles. The number of carbonyl (C=O) groups excluding carboxylic acids is 2. The Morgan fingerprint density at radius 3 is 2.32 bits per heavy atom. The lowest BCUT2D eigenvalue weighted by Gasteiger charge is -2.08. The highest BCUT2D eigenvalue weighted by molar-refractivity contribution is 6.30. The van der Waals surface area contributed by atoms with Crippen molar-refractivity contribution in [3.8, 4) is 11.8 Å². The quantitative estimate of drug-likeness (QED) is 0.411. The smallest absolute Gasteiger partial charge is 0.266 e. The summed E-state index contributed by atoms with van der Waals surface area (Å²) in [7, 11) is 0. The fourth-order valence-electron chi connectivity index (χ4n) is 2.61. The molecule has 0 atom stereocenters. The summed E-state index contributed by atoms with van der Waals surface area (Å²) in [6.07, 6.45) is 1.48. The van der Waals surface area contributed by atoms with Crippen molar-refractivity contribution < 1.29 is 14.3 Å². The number of nitriles is 1. The van der Waals surface area contributed by atoms with Gasteiger partial charge in [0, 0.05) is 16.4 Å². The fraction of sp³-hybridized carbons (Fsp3) is 0.0417. The number of hydrogen-bond donors (Lipinski definition) is 2. The highest BCUT2D eigenvalue weighted by Gasteiger charge is 2.09. The zero-order valence-corrected chi connectivity index (χ0v) is 17.1. The number of nitrogens with zero attached hydrogens (tertiary/aromatic N) is 1. The molecule has 0 saturated heterocycles. The normalized spacial score (nSPS) is 10.6. The molecule has 6 nitrogen and oxygen atoms in total. The first-order valence-electron chi connectivity index (χ1n) is 9.30. The van der Waals surface area contributed by atoms with Gasteiger partial charge in [-0.15, -0.1) is 0 Å². The first kappa shape index (κ1) is 21.6. The molecule has 3 aromatic rings. The van der Waals surface area contributed by atoms with Gasteiger partial charge in [0.1, 0.15) is 17.4 Å². The van der Waals surface area contributed by atoms with Crippen LogP contribution in [0.1, 0.15) is 5.56 Å². The van der Waals surface area contributed by atoms with Gasteiger partial charge in [-0.3, -0.25) is 9.59 Å². The van der Waals surface area contributed by atoms with Gasteiger partial charge >= 0.3 is 0 Å². The molecule has 31 heavy (non-hydrogen) atoms. The molecule has 0 bridgehead atoms. The molecule has 0 spiro atoms. The van der Waals surface area contributed by atoms with Crippen molar-refractivity contribution in [3.63, 3.8) is 0 Å². The maximum Gasteiger partial charge on any atom is 0.266 e. The molecule has 3 aromatic carbocycles. The van der Waals surface area contributed by atoms with Gasteiger partial charge in [-0.2, -0.15) is 5.26 Å². The Labute approximate surface area is 184 Å². The Morgan fingerprint density at radius 2 is 1.65 bits per heavy atom. The van der Waals surface area contributed by atoms with Crippen LogP contribution in [-0.2, 0) is 9.59 Å². The van der Waals surface area contributed by atoms with E-state index >= 15 is 0 Å². The predicted molar refractivity (Wildman–Crippen MR) is 121 cm³/mol. The molecule has 0 radical (unpaired) electrons. The van der Waals surface area contributed by atoms with Crippen LogP contribution in [-0.4, -0.2) is 18.4 Å². The van der Waals surface area contributed by atoms with Crippen molar-refractivity contribution in [2.75, 3.05) is 17.2 Å². The van der Waals surface area contributed by atoms with Crippen LogP contribution in [0.25, 0.3) is 6.08 Å². The van der Waals surface area contributed by atoms with Gasteiger partial charge in [-0.05, 0) is 54.1 Å². The minimum atomic E-state index is -0.494. The van der Waals surface area contributed by atoms with Gasteiger partial charge in [0.05, 0.1) is 0 Å². The lowest BCUT2D eigenvalue weighted by Crippen LogP contribution is -2.20. The Kier molecular flexibility index (Phi) is 7.41. The molecule has 3 rings (SSSR count). The summed E-state index contributed by atoms with van der Waals surface area (Å²) in [4.78, 5) is 24.3. The summed E-state index contributed by atoms with van der Waals surface area (Å²) >= 11 is 5.89. The number of ether oxygens (including phenoxy) is 1. The second-order valence-corrected chi connectivity index (χ2v) is 6.84. The molecule has 0 unspecified atom stereocenters. The molecular formula is C24H18ClN3O3. The van der Waals surface area contributed by atoms with E-state index in [2.05, 4.69) is 10.6 Å². The standard InChI is InChI=1S/C24H18ClN3O3/c25-19-5-4-8-21(14-19)27-23(29)16-31-22-11-9-17(10-12-22)13-18(15-26)24(30)28-20-6-2-1-3-7-20/h1-14H,16H2,(H,27,29)(H,28,30)/b18-13+. The highest BCUT2D eigenvalue weighted by Crippen LogP contribution is 2.17. The Bertz CT molecular complexity index is 1140. The Morgan fingerprint density at radius 1 is 0.935 bits per heavy atom. The number of halogens is 1. The molecule has 0 aliphatic rings. The molecule has 154 valence electrons. The summed E-state index contributed by atoms with van der Waals surface area (Å²) in [5, 5.41) is 15.2. The second kappa shape index (κ2) is 10.6. The van der Waals surface area contributed by atoms with Crippen molar-refractivity contribution in [2.45, 2.75) is 0 Å². The Balaban J connectivity index is 1.56. The summed E-state index contributed by atoms with van der Waals surface area (Å²) in [5.74, 6) is -0.340. The third-order valence-corrected chi connectivity index (χ3v) is 4.30. The molecule has 0 fully saturated rings. The number of anilines is 2. The number of hydrogen-bond acceptors (Lipinski definition) is 4. The largest absolute Gasteiger partial charge is 0.484 e. The summed E-state index contributed by atoms with van der Waals surface area (Å²) in [6.45, 7) is -0.176. The van der Waals surface area contributed by atoms with Gasteiger partial charge in [0.2, 0.25) is 0 Å². The van der Waals surface area contributed by atoms with Crippen LogP contribution in [0.5, 0.6) is 5.75 Å². The molecule has 0 saturated carbocycles. The van der Waals surface area contributed by atoms with Crippen molar-refractivity contribution >= 4 is 40.9 Å². The number of nitrogens with one attached hydrogen (secondary N) is 2. The van der Waals surface area contributed by atoms with Gasteiger partial charge < -0.3 is 15.4 Å². The van der Waals surface area contributed by atoms with Gasteiger partial charge in [0.25, 0.3) is 11.8 Å². The van der Waals surface area contributed by atoms with Gasteiger partial charge in [-0.1, -0.05) is 48.0 Å². The summed E-state index contributed by atoms with van der Waals surface area (Å²) < 4.78 is 5.47. The van der Waals surface area contributed by atoms with E-state index in [1.54, 1.807) is 72.8 Å². The second-order valence-electron chi connectivity index (χ2n) is 6.41. The number of amides is 2. The van der Waals surface area contributed by atoms with Crippen LogP contribution in [0.3, 0.4) is 0 Å². The molecule has 2 amide bonds. The predicted octanol–water partition coefficient (Wildman–Crippen LogP) is 4.90. The summed E-state index contributed by atoms with van der Waals surface area (Å²) in [6, 6.07) is 24.3. The first-order chi connectivity index (χ1) is 15.0. The van der Waals surface area contributed by atoms with Crippen LogP contribution >= 0.6 is 11.6 Å². The topological polar surface area (TPSA) is 91.2 Å². The number of rotatable bonds is 7. The van der Waals surface area contributed by atoms with Crippen molar-refractivity contribution in [1.82, 2.24) is 0 Å². The molecule has 0 aromatic heterocycles. The monoisotopic (exact) mass is 431 g/mol. The summed E-state index contributed by atoms with van der Waals surface area (Å²) in [5.41, 5.74) is 1.81. The highest BCUT2D eigenvalue weighted by atomic mass is 35.5. The van der Waals surface area contributed by atoms with Gasteiger partial charge in [0.15, 0.2) is 6.61 Å². The maximum absolute atomic E-state index is 12.3. The van der Waals surface area contributed by atoms with Crippen LogP contribution in [0.2, 0.25) is 5.02 Å².